The van der Waals surface area contributed by atoms with Crippen LogP contribution in [0.5, 0.6) is 0 Å². The first-order chi connectivity index (χ1) is 13.5. The van der Waals surface area contributed by atoms with Gasteiger partial charge in [-0.3, -0.25) is 4.79 Å². The monoisotopic (exact) mass is 400 g/mol. The van der Waals surface area contributed by atoms with Crippen molar-refractivity contribution in [1.29, 1.82) is 0 Å². The second-order valence-corrected chi connectivity index (χ2v) is 8.06. The molecule has 2 atom stereocenters. The van der Waals surface area contributed by atoms with E-state index in [1.807, 2.05) is 54.3 Å². The Bertz CT molecular complexity index is 743. The average molecular weight is 401 g/mol. The van der Waals surface area contributed by atoms with Crippen molar-refractivity contribution in [2.45, 2.75) is 44.9 Å². The van der Waals surface area contributed by atoms with E-state index in [-0.39, 0.29) is 12.0 Å². The van der Waals surface area contributed by atoms with Gasteiger partial charge in [0.15, 0.2) is 0 Å². The first-order valence-electron chi connectivity index (χ1n) is 9.97. The maximum absolute atomic E-state index is 12.8. The summed E-state index contributed by atoms with van der Waals surface area (Å²) in [4.78, 5) is 14.7. The molecule has 0 bridgehead atoms. The van der Waals surface area contributed by atoms with Crippen LogP contribution in [0.25, 0.3) is 0 Å². The smallest absolute Gasteiger partial charge is 0.242 e. The Hall–Kier alpha value is -1.88. The number of amides is 1. The van der Waals surface area contributed by atoms with Crippen LogP contribution < -0.4 is 5.73 Å². The first-order valence-corrected chi connectivity index (χ1v) is 10.3. The van der Waals surface area contributed by atoms with Gasteiger partial charge >= 0.3 is 0 Å². The lowest BCUT2D eigenvalue weighted by atomic mass is 9.90. The van der Waals surface area contributed by atoms with E-state index in [1.165, 1.54) is 5.56 Å². The molecule has 2 aromatic carbocycles. The number of hydrogen-bond donors (Lipinski definition) is 1. The average Bonchev–Trinajstić information content (AvgIpc) is 2.74. The van der Waals surface area contributed by atoms with Gasteiger partial charge in [-0.1, -0.05) is 54.1 Å². The fourth-order valence-corrected chi connectivity index (χ4v) is 3.75. The van der Waals surface area contributed by atoms with Crippen molar-refractivity contribution in [3.63, 3.8) is 0 Å². The number of nitrogens with two attached hydrogens (primary N) is 1. The Labute approximate surface area is 172 Å². The van der Waals surface area contributed by atoms with Gasteiger partial charge in [0.25, 0.3) is 0 Å². The third-order valence-corrected chi connectivity index (χ3v) is 5.76. The minimum Gasteiger partial charge on any atom is -0.372 e. The molecule has 2 N–H and O–H groups in total. The molecule has 0 radical (unpaired) electrons. The lowest BCUT2D eigenvalue weighted by Crippen LogP contribution is -2.52. The van der Waals surface area contributed by atoms with E-state index in [0.717, 1.165) is 42.9 Å². The number of rotatable bonds is 7. The van der Waals surface area contributed by atoms with Crippen LogP contribution in [0.15, 0.2) is 54.6 Å². The zero-order chi connectivity index (χ0) is 19.9. The van der Waals surface area contributed by atoms with Crippen molar-refractivity contribution in [3.05, 3.63) is 70.7 Å². The maximum Gasteiger partial charge on any atom is 0.242 e. The van der Waals surface area contributed by atoms with Crippen LogP contribution in [0.3, 0.4) is 0 Å². The first kappa shape index (κ1) is 20.8. The predicted molar refractivity (Wildman–Crippen MR) is 113 cm³/mol. The number of halogens is 1. The molecule has 1 heterocycles. The molecular weight excluding hydrogens is 372 g/mol. The number of nitrogens with zero attached hydrogens (tertiary/aromatic N) is 1. The molecule has 1 fully saturated rings. The van der Waals surface area contributed by atoms with Crippen molar-refractivity contribution < 1.29 is 9.53 Å². The number of ether oxygens (including phenoxy) is 1. The molecule has 0 unspecified atom stereocenters. The topological polar surface area (TPSA) is 55.6 Å². The molecule has 3 rings (SSSR count). The van der Waals surface area contributed by atoms with Crippen LogP contribution in [0.2, 0.25) is 5.02 Å². The Balaban J connectivity index is 1.43. The van der Waals surface area contributed by atoms with Crippen LogP contribution >= 0.6 is 11.6 Å². The maximum atomic E-state index is 12.8. The predicted octanol–water partition coefficient (Wildman–Crippen LogP) is 4.05. The molecule has 0 aliphatic carbocycles. The normalized spacial score (nSPS) is 17.3. The Morgan fingerprint density at radius 3 is 2.39 bits per heavy atom. The molecule has 1 amide bonds. The van der Waals surface area contributed by atoms with Crippen molar-refractivity contribution in [2.24, 2.45) is 11.7 Å². The fourth-order valence-electron chi connectivity index (χ4n) is 3.63. The summed E-state index contributed by atoms with van der Waals surface area (Å²) in [5.41, 5.74) is 8.58. The minimum absolute atomic E-state index is 0.00879. The molecule has 28 heavy (non-hydrogen) atoms. The summed E-state index contributed by atoms with van der Waals surface area (Å²) in [6, 6.07) is 17.3. The Morgan fingerprint density at radius 1 is 1.11 bits per heavy atom. The molecule has 1 saturated heterocycles. The molecule has 1 aliphatic rings. The number of benzene rings is 2. The summed E-state index contributed by atoms with van der Waals surface area (Å²) in [5, 5.41) is 0.766. The molecule has 0 spiro atoms. The van der Waals surface area contributed by atoms with Crippen molar-refractivity contribution in [3.8, 4) is 0 Å². The molecular formula is C23H29ClN2O2. The lowest BCUT2D eigenvalue weighted by molar-refractivity contribution is -0.137. The van der Waals surface area contributed by atoms with Gasteiger partial charge in [-0.2, -0.15) is 0 Å². The van der Waals surface area contributed by atoms with Crippen LogP contribution in [-0.4, -0.2) is 36.0 Å². The van der Waals surface area contributed by atoms with E-state index < -0.39 is 6.04 Å². The molecule has 4 nitrogen and oxygen atoms in total. The molecule has 2 aromatic rings. The highest BCUT2D eigenvalue weighted by Gasteiger charge is 2.29. The molecule has 1 aliphatic heterocycles. The number of piperidine rings is 1. The molecule has 150 valence electrons. The summed E-state index contributed by atoms with van der Waals surface area (Å²) in [5.74, 6) is 0.582. The summed E-state index contributed by atoms with van der Waals surface area (Å²) in [6.45, 7) is 3.86. The van der Waals surface area contributed by atoms with E-state index in [9.17, 15) is 4.79 Å². The quantitative estimate of drug-likeness (QED) is 0.762. The van der Waals surface area contributed by atoms with Gasteiger partial charge in [-0.25, -0.2) is 0 Å². The van der Waals surface area contributed by atoms with Gasteiger partial charge in [0.05, 0.1) is 12.7 Å². The van der Waals surface area contributed by atoms with E-state index in [0.29, 0.717) is 12.5 Å². The number of carbonyl (C=O) groups is 1. The van der Waals surface area contributed by atoms with Gasteiger partial charge in [0.1, 0.15) is 6.04 Å². The van der Waals surface area contributed by atoms with Crippen molar-refractivity contribution >= 4 is 17.5 Å². The van der Waals surface area contributed by atoms with Crippen LogP contribution in [0.1, 0.15) is 30.9 Å². The van der Waals surface area contributed by atoms with Gasteiger partial charge < -0.3 is 15.4 Å². The highest BCUT2D eigenvalue weighted by Crippen LogP contribution is 2.23. The fraction of sp³-hybridized carbons (Fsp3) is 0.435. The van der Waals surface area contributed by atoms with Crippen molar-refractivity contribution in [1.82, 2.24) is 4.90 Å². The third-order valence-electron chi connectivity index (χ3n) is 5.51. The summed E-state index contributed by atoms with van der Waals surface area (Å²) in [7, 11) is 0. The van der Waals surface area contributed by atoms with Crippen LogP contribution in [0, 0.1) is 5.92 Å². The number of hydrogen-bond acceptors (Lipinski definition) is 3. The lowest BCUT2D eigenvalue weighted by Gasteiger charge is -2.34. The number of carbonyl (C=O) groups excluding carboxylic acids is 1. The standard InChI is InChI=1S/C23H29ClN2O2/c1-17(28-16-20-5-3-2-4-6-20)22(25)23(27)26-13-11-19(12-14-26)15-18-7-9-21(24)10-8-18/h2-10,17,19,22H,11-16,25H2,1H3/t17-,22+/m1/s1. The summed E-state index contributed by atoms with van der Waals surface area (Å²) >= 11 is 5.95. The summed E-state index contributed by atoms with van der Waals surface area (Å²) in [6.07, 6.45) is 2.71. The van der Waals surface area contributed by atoms with E-state index >= 15 is 0 Å². The van der Waals surface area contributed by atoms with Gasteiger partial charge in [0.2, 0.25) is 5.91 Å². The minimum atomic E-state index is -0.628. The van der Waals surface area contributed by atoms with E-state index in [1.54, 1.807) is 0 Å². The SMILES string of the molecule is C[C@@H](OCc1ccccc1)[C@H](N)C(=O)N1CCC(Cc2ccc(Cl)cc2)CC1. The van der Waals surface area contributed by atoms with Crippen LogP contribution in [0.4, 0.5) is 0 Å². The van der Waals surface area contributed by atoms with E-state index in [4.69, 9.17) is 22.1 Å². The molecule has 0 saturated carbocycles. The highest BCUT2D eigenvalue weighted by atomic mass is 35.5. The zero-order valence-electron chi connectivity index (χ0n) is 16.4. The summed E-state index contributed by atoms with van der Waals surface area (Å²) < 4.78 is 5.83. The second-order valence-electron chi connectivity index (χ2n) is 7.63. The van der Waals surface area contributed by atoms with Gasteiger partial charge in [-0.15, -0.1) is 0 Å². The Kier molecular flexibility index (Phi) is 7.49. The van der Waals surface area contributed by atoms with Crippen LogP contribution in [-0.2, 0) is 22.6 Å². The molecule has 5 heteroatoms. The molecule has 0 aromatic heterocycles. The van der Waals surface area contributed by atoms with E-state index in [2.05, 4.69) is 12.1 Å². The largest absolute Gasteiger partial charge is 0.372 e. The zero-order valence-corrected chi connectivity index (χ0v) is 17.1. The van der Waals surface area contributed by atoms with Gasteiger partial charge in [0, 0.05) is 18.1 Å². The van der Waals surface area contributed by atoms with Crippen molar-refractivity contribution in [2.75, 3.05) is 13.1 Å². The Morgan fingerprint density at radius 2 is 1.75 bits per heavy atom. The van der Waals surface area contributed by atoms with Gasteiger partial charge in [-0.05, 0) is 55.4 Å². The highest BCUT2D eigenvalue weighted by molar-refractivity contribution is 6.30. The third kappa shape index (κ3) is 5.81. The second kappa shape index (κ2) is 10.1. The number of likely N-dealkylation sites (tertiary alicyclic amines) is 1.